The molecule has 0 atom stereocenters. The summed E-state index contributed by atoms with van der Waals surface area (Å²) in [5.74, 6) is 0.148. The molecule has 0 aliphatic heterocycles. The van der Waals surface area contributed by atoms with Crippen LogP contribution in [0.25, 0.3) is 0 Å². The quantitative estimate of drug-likeness (QED) is 0.890. The van der Waals surface area contributed by atoms with Crippen LogP contribution in [0.15, 0.2) is 42.5 Å². The summed E-state index contributed by atoms with van der Waals surface area (Å²) in [5, 5.41) is 11.9. The second kappa shape index (κ2) is 6.21. The number of nitrogens with zero attached hydrogens (tertiary/aromatic N) is 1. The van der Waals surface area contributed by atoms with Crippen molar-refractivity contribution in [2.45, 2.75) is 26.3 Å². The molecule has 2 aromatic rings. The summed E-state index contributed by atoms with van der Waals surface area (Å²) in [6.07, 6.45) is 0. The van der Waals surface area contributed by atoms with Gasteiger partial charge < -0.3 is 5.32 Å². The largest absolute Gasteiger partial charge is 0.381 e. The molecule has 0 saturated heterocycles. The lowest BCUT2D eigenvalue weighted by Crippen LogP contribution is -2.02. The monoisotopic (exact) mass is 268 g/mol. The lowest BCUT2D eigenvalue weighted by Gasteiger charge is -2.10. The van der Waals surface area contributed by atoms with Crippen LogP contribution in [0.2, 0.25) is 0 Å². The molecule has 3 heteroatoms. The van der Waals surface area contributed by atoms with E-state index in [0.717, 1.165) is 5.69 Å². The summed E-state index contributed by atoms with van der Waals surface area (Å²) in [6.45, 7) is 4.70. The van der Waals surface area contributed by atoms with Crippen molar-refractivity contribution in [1.29, 1.82) is 5.26 Å². The lowest BCUT2D eigenvalue weighted by molar-refractivity contribution is 0.612. The summed E-state index contributed by atoms with van der Waals surface area (Å²) in [5.41, 5.74) is 3.13. The Morgan fingerprint density at radius 1 is 1.15 bits per heavy atom. The van der Waals surface area contributed by atoms with Crippen molar-refractivity contribution in [1.82, 2.24) is 0 Å². The third-order valence-corrected chi connectivity index (χ3v) is 3.24. The van der Waals surface area contributed by atoms with E-state index in [0.29, 0.717) is 23.6 Å². The van der Waals surface area contributed by atoms with Crippen LogP contribution in [0.5, 0.6) is 0 Å². The molecule has 0 fully saturated rings. The van der Waals surface area contributed by atoms with Gasteiger partial charge >= 0.3 is 0 Å². The van der Waals surface area contributed by atoms with Crippen molar-refractivity contribution in [3.63, 3.8) is 0 Å². The van der Waals surface area contributed by atoms with Gasteiger partial charge in [0.1, 0.15) is 5.82 Å². The molecule has 0 radical (unpaired) electrons. The average Bonchev–Trinajstić information content (AvgIpc) is 2.46. The fourth-order valence-corrected chi connectivity index (χ4v) is 1.94. The summed E-state index contributed by atoms with van der Waals surface area (Å²) in [6, 6.07) is 14.6. The fraction of sp³-hybridized carbons (Fsp3) is 0.235. The van der Waals surface area contributed by atoms with Gasteiger partial charge in [0, 0.05) is 17.8 Å². The molecule has 0 bridgehead atoms. The highest BCUT2D eigenvalue weighted by atomic mass is 19.1. The van der Waals surface area contributed by atoms with Crippen molar-refractivity contribution < 1.29 is 4.39 Å². The third kappa shape index (κ3) is 3.36. The van der Waals surface area contributed by atoms with E-state index in [1.54, 1.807) is 12.1 Å². The molecule has 20 heavy (non-hydrogen) atoms. The Balaban J connectivity index is 2.03. The molecule has 0 aromatic heterocycles. The second-order valence-electron chi connectivity index (χ2n) is 5.05. The Morgan fingerprint density at radius 3 is 2.40 bits per heavy atom. The van der Waals surface area contributed by atoms with E-state index in [2.05, 4.69) is 31.3 Å². The van der Waals surface area contributed by atoms with Crippen molar-refractivity contribution >= 4 is 5.69 Å². The van der Waals surface area contributed by atoms with E-state index in [1.165, 1.54) is 11.6 Å². The first-order valence-corrected chi connectivity index (χ1v) is 6.62. The summed E-state index contributed by atoms with van der Waals surface area (Å²) >= 11 is 0. The number of benzene rings is 2. The minimum absolute atomic E-state index is 0.340. The van der Waals surface area contributed by atoms with Crippen LogP contribution < -0.4 is 5.32 Å². The maximum atomic E-state index is 13.7. The van der Waals surface area contributed by atoms with Gasteiger partial charge in [-0.1, -0.05) is 32.0 Å². The number of nitrogens with one attached hydrogen (secondary N) is 1. The van der Waals surface area contributed by atoms with E-state index in [-0.39, 0.29) is 5.82 Å². The second-order valence-corrected chi connectivity index (χ2v) is 5.05. The van der Waals surface area contributed by atoms with Crippen LogP contribution in [-0.2, 0) is 6.54 Å². The van der Waals surface area contributed by atoms with Crippen LogP contribution in [0.3, 0.4) is 0 Å². The van der Waals surface area contributed by atoms with E-state index in [1.807, 2.05) is 18.2 Å². The first-order chi connectivity index (χ1) is 9.60. The number of hydrogen-bond donors (Lipinski definition) is 1. The standard InChI is InChI=1S/C17H17FN2/c1-12(2)14-5-7-16(8-6-14)20-11-15-4-3-13(10-19)9-17(15)18/h3-9,12,20H,11H2,1-2H3. The zero-order valence-electron chi connectivity index (χ0n) is 11.7. The minimum Gasteiger partial charge on any atom is -0.381 e. The van der Waals surface area contributed by atoms with Crippen LogP contribution in [0.4, 0.5) is 10.1 Å². The molecule has 2 nitrogen and oxygen atoms in total. The smallest absolute Gasteiger partial charge is 0.129 e. The van der Waals surface area contributed by atoms with Gasteiger partial charge in [0.15, 0.2) is 0 Å². The third-order valence-electron chi connectivity index (χ3n) is 3.24. The van der Waals surface area contributed by atoms with Gasteiger partial charge in [-0.2, -0.15) is 5.26 Å². The average molecular weight is 268 g/mol. The Labute approximate surface area is 118 Å². The first kappa shape index (κ1) is 14.1. The highest BCUT2D eigenvalue weighted by Gasteiger charge is 2.04. The fourth-order valence-electron chi connectivity index (χ4n) is 1.94. The number of anilines is 1. The summed E-state index contributed by atoms with van der Waals surface area (Å²) in [4.78, 5) is 0. The predicted octanol–water partition coefficient (Wildman–Crippen LogP) is 4.43. The van der Waals surface area contributed by atoms with E-state index in [4.69, 9.17) is 5.26 Å². The van der Waals surface area contributed by atoms with Gasteiger partial charge in [0.25, 0.3) is 0 Å². The van der Waals surface area contributed by atoms with Gasteiger partial charge in [0.2, 0.25) is 0 Å². The van der Waals surface area contributed by atoms with Crippen molar-refractivity contribution in [3.05, 3.63) is 65.0 Å². The van der Waals surface area contributed by atoms with E-state index in [9.17, 15) is 4.39 Å². The maximum Gasteiger partial charge on any atom is 0.129 e. The molecule has 0 amide bonds. The Bertz CT molecular complexity index is 624. The molecular formula is C17H17FN2. The van der Waals surface area contributed by atoms with Crippen molar-refractivity contribution in [2.24, 2.45) is 0 Å². The molecule has 0 saturated carbocycles. The van der Waals surface area contributed by atoms with Crippen LogP contribution >= 0.6 is 0 Å². The molecule has 1 N–H and O–H groups in total. The van der Waals surface area contributed by atoms with Gasteiger partial charge in [-0.3, -0.25) is 0 Å². The maximum absolute atomic E-state index is 13.7. The van der Waals surface area contributed by atoms with E-state index >= 15 is 0 Å². The van der Waals surface area contributed by atoms with Gasteiger partial charge in [0.05, 0.1) is 11.6 Å². The molecular weight excluding hydrogens is 251 g/mol. The van der Waals surface area contributed by atoms with Crippen LogP contribution in [0.1, 0.15) is 36.5 Å². The van der Waals surface area contributed by atoms with Crippen LogP contribution in [-0.4, -0.2) is 0 Å². The molecule has 0 aliphatic rings. The van der Waals surface area contributed by atoms with Crippen molar-refractivity contribution in [2.75, 3.05) is 5.32 Å². The summed E-state index contributed by atoms with van der Waals surface area (Å²) < 4.78 is 13.7. The zero-order chi connectivity index (χ0) is 14.5. The topological polar surface area (TPSA) is 35.8 Å². The molecule has 102 valence electrons. The predicted molar refractivity (Wildman–Crippen MR) is 79.0 cm³/mol. The Kier molecular flexibility index (Phi) is 4.37. The van der Waals surface area contributed by atoms with Gasteiger partial charge in [-0.15, -0.1) is 0 Å². The molecule has 0 heterocycles. The lowest BCUT2D eigenvalue weighted by atomic mass is 10.0. The summed E-state index contributed by atoms with van der Waals surface area (Å²) in [7, 11) is 0. The number of nitriles is 1. The SMILES string of the molecule is CC(C)c1ccc(NCc2ccc(C#N)cc2F)cc1. The first-order valence-electron chi connectivity index (χ1n) is 6.62. The minimum atomic E-state index is -0.352. The van der Waals surface area contributed by atoms with Gasteiger partial charge in [-0.25, -0.2) is 4.39 Å². The number of rotatable bonds is 4. The molecule has 0 aliphatic carbocycles. The molecule has 2 rings (SSSR count). The molecule has 0 unspecified atom stereocenters. The van der Waals surface area contributed by atoms with Gasteiger partial charge in [-0.05, 0) is 35.7 Å². The van der Waals surface area contributed by atoms with E-state index < -0.39 is 0 Å². The highest BCUT2D eigenvalue weighted by molar-refractivity contribution is 5.46. The highest BCUT2D eigenvalue weighted by Crippen LogP contribution is 2.18. The van der Waals surface area contributed by atoms with Crippen molar-refractivity contribution in [3.8, 4) is 6.07 Å². The Hall–Kier alpha value is -2.34. The normalized spacial score (nSPS) is 10.3. The number of hydrogen-bond acceptors (Lipinski definition) is 2. The number of halogens is 1. The van der Waals surface area contributed by atoms with Crippen LogP contribution in [0, 0.1) is 17.1 Å². The molecule has 2 aromatic carbocycles. The molecule has 0 spiro atoms. The Morgan fingerprint density at radius 2 is 1.85 bits per heavy atom. The zero-order valence-corrected chi connectivity index (χ0v) is 11.7.